The van der Waals surface area contributed by atoms with Crippen LogP contribution in [0.3, 0.4) is 0 Å². The van der Waals surface area contributed by atoms with E-state index >= 15 is 0 Å². The van der Waals surface area contributed by atoms with Gasteiger partial charge in [0.1, 0.15) is 5.54 Å². The summed E-state index contributed by atoms with van der Waals surface area (Å²) in [7, 11) is 0. The van der Waals surface area contributed by atoms with Gasteiger partial charge in [0.2, 0.25) is 0 Å². The predicted octanol–water partition coefficient (Wildman–Crippen LogP) is -1.54. The van der Waals surface area contributed by atoms with E-state index in [9.17, 15) is 19.5 Å². The fraction of sp³-hybridized carbons (Fsp3) is 0.625. The minimum atomic E-state index is -1.45. The van der Waals surface area contributed by atoms with Gasteiger partial charge in [-0.1, -0.05) is 6.92 Å². The zero-order valence-corrected chi connectivity index (χ0v) is 7.99. The second-order valence-electron chi connectivity index (χ2n) is 3.38. The average Bonchev–Trinajstić information content (AvgIpc) is 2.30. The number of carboxylic acid groups (broad SMARTS) is 1. The molecule has 1 N–H and O–H groups in total. The highest BCUT2D eigenvalue weighted by molar-refractivity contribution is 6.08. The van der Waals surface area contributed by atoms with Crippen molar-refractivity contribution in [1.29, 1.82) is 0 Å². The molecule has 0 spiro atoms. The van der Waals surface area contributed by atoms with Crippen LogP contribution >= 0.6 is 0 Å². The maximum atomic E-state index is 11.6. The second kappa shape index (κ2) is 3.28. The molecule has 1 aliphatic heterocycles. The van der Waals surface area contributed by atoms with Crippen molar-refractivity contribution in [2.75, 3.05) is 6.54 Å². The molecule has 3 amide bonds. The monoisotopic (exact) mass is 199 g/mol. The van der Waals surface area contributed by atoms with Crippen molar-refractivity contribution in [3.8, 4) is 0 Å². The van der Waals surface area contributed by atoms with Crippen molar-refractivity contribution in [2.24, 2.45) is 0 Å². The molecule has 1 aliphatic rings. The van der Waals surface area contributed by atoms with Gasteiger partial charge in [-0.25, -0.2) is 4.79 Å². The zero-order valence-electron chi connectivity index (χ0n) is 7.99. The number of amides is 3. The van der Waals surface area contributed by atoms with Gasteiger partial charge < -0.3 is 15.2 Å². The van der Waals surface area contributed by atoms with Gasteiger partial charge in [0.05, 0.1) is 12.5 Å². The molecule has 0 radical (unpaired) electrons. The minimum absolute atomic E-state index is 0.418. The Hall–Kier alpha value is -1.59. The van der Waals surface area contributed by atoms with Crippen LogP contribution in [0, 0.1) is 0 Å². The van der Waals surface area contributed by atoms with Gasteiger partial charge in [-0.15, -0.1) is 0 Å². The summed E-state index contributed by atoms with van der Waals surface area (Å²) in [6, 6.07) is -0.677. The van der Waals surface area contributed by atoms with E-state index in [-0.39, 0.29) is 0 Å². The quantitative estimate of drug-likeness (QED) is 0.557. The number of carbonyl (C=O) groups is 3. The highest BCUT2D eigenvalue weighted by atomic mass is 16.4. The number of hydrogen-bond donors (Lipinski definition) is 1. The number of hydrogen-bond acceptors (Lipinski definition) is 4. The molecule has 6 nitrogen and oxygen atoms in total. The van der Waals surface area contributed by atoms with Crippen LogP contribution in [-0.2, 0) is 9.59 Å². The molecular weight excluding hydrogens is 188 g/mol. The van der Waals surface area contributed by atoms with E-state index in [0.717, 1.165) is 0 Å². The first-order valence-electron chi connectivity index (χ1n) is 4.24. The smallest absolute Gasteiger partial charge is 0.325 e. The van der Waals surface area contributed by atoms with Crippen molar-refractivity contribution in [3.63, 3.8) is 0 Å². The standard InChI is InChI=1S/C8H12N2O4/c1-3-8(2)6(13)10(4-5(11)12)7(14)9-8/h3-4H2,1-2H3,(H,9,14)(H,11,12)/p-1/t8-/m0/s1. The van der Waals surface area contributed by atoms with Crippen molar-refractivity contribution in [3.05, 3.63) is 0 Å². The summed E-state index contributed by atoms with van der Waals surface area (Å²) >= 11 is 0. The number of aliphatic carboxylic acids is 1. The molecule has 0 aromatic rings. The molecule has 14 heavy (non-hydrogen) atoms. The number of urea groups is 1. The van der Waals surface area contributed by atoms with Crippen LogP contribution in [-0.4, -0.2) is 34.9 Å². The van der Waals surface area contributed by atoms with Gasteiger partial charge >= 0.3 is 6.03 Å². The largest absolute Gasteiger partial charge is 0.548 e. The molecule has 0 aromatic carbocycles. The van der Waals surface area contributed by atoms with Crippen LogP contribution in [0.2, 0.25) is 0 Å². The van der Waals surface area contributed by atoms with Crippen LogP contribution in [0.15, 0.2) is 0 Å². The molecule has 0 aliphatic carbocycles. The van der Waals surface area contributed by atoms with Gasteiger partial charge in [-0.3, -0.25) is 9.69 Å². The molecule has 1 heterocycles. The molecule has 0 saturated carbocycles. The van der Waals surface area contributed by atoms with Crippen molar-refractivity contribution >= 4 is 17.9 Å². The summed E-state index contributed by atoms with van der Waals surface area (Å²) in [5, 5.41) is 12.7. The Balaban J connectivity index is 2.86. The lowest BCUT2D eigenvalue weighted by molar-refractivity contribution is -0.305. The molecule has 0 bridgehead atoms. The third kappa shape index (κ3) is 1.55. The Morgan fingerprint density at radius 2 is 2.14 bits per heavy atom. The normalized spacial score (nSPS) is 26.6. The number of nitrogens with zero attached hydrogens (tertiary/aromatic N) is 1. The molecular formula is C8H11N2O4-. The summed E-state index contributed by atoms with van der Waals surface area (Å²) in [4.78, 5) is 33.7. The first-order chi connectivity index (χ1) is 6.40. The predicted molar refractivity (Wildman–Crippen MR) is 43.9 cm³/mol. The lowest BCUT2D eigenvalue weighted by atomic mass is 9.99. The lowest BCUT2D eigenvalue weighted by Gasteiger charge is -2.19. The highest BCUT2D eigenvalue weighted by Gasteiger charge is 2.46. The minimum Gasteiger partial charge on any atom is -0.548 e. The summed E-state index contributed by atoms with van der Waals surface area (Å²) < 4.78 is 0. The first-order valence-corrected chi connectivity index (χ1v) is 4.24. The zero-order chi connectivity index (χ0) is 10.9. The highest BCUT2D eigenvalue weighted by Crippen LogP contribution is 2.19. The Bertz CT molecular complexity index is 302. The summed E-state index contributed by atoms with van der Waals surface area (Å²) in [6.07, 6.45) is 0.418. The number of carboxylic acids is 1. The van der Waals surface area contributed by atoms with Gasteiger partial charge in [-0.2, -0.15) is 0 Å². The summed E-state index contributed by atoms with van der Waals surface area (Å²) in [5.41, 5.74) is -0.980. The third-order valence-corrected chi connectivity index (χ3v) is 2.34. The summed E-state index contributed by atoms with van der Waals surface area (Å²) in [6.45, 7) is 2.60. The second-order valence-corrected chi connectivity index (χ2v) is 3.38. The fourth-order valence-electron chi connectivity index (χ4n) is 1.26. The van der Waals surface area contributed by atoms with E-state index in [4.69, 9.17) is 0 Å². The maximum Gasteiger partial charge on any atom is 0.325 e. The van der Waals surface area contributed by atoms with Crippen LogP contribution in [0.25, 0.3) is 0 Å². The lowest BCUT2D eigenvalue weighted by Crippen LogP contribution is -2.45. The molecule has 78 valence electrons. The van der Waals surface area contributed by atoms with E-state index in [2.05, 4.69) is 5.32 Å². The number of carbonyl (C=O) groups excluding carboxylic acids is 3. The number of rotatable bonds is 3. The van der Waals surface area contributed by atoms with Gasteiger partial charge in [0, 0.05) is 0 Å². The Kier molecular flexibility index (Phi) is 2.46. The fourth-order valence-corrected chi connectivity index (χ4v) is 1.26. The van der Waals surface area contributed by atoms with Gasteiger partial charge in [0.25, 0.3) is 5.91 Å². The van der Waals surface area contributed by atoms with E-state index in [1.165, 1.54) is 0 Å². The van der Waals surface area contributed by atoms with E-state index < -0.39 is 30.0 Å². The molecule has 0 unspecified atom stereocenters. The van der Waals surface area contributed by atoms with Crippen LogP contribution < -0.4 is 10.4 Å². The third-order valence-electron chi connectivity index (χ3n) is 2.34. The maximum absolute atomic E-state index is 11.6. The van der Waals surface area contributed by atoms with Crippen LogP contribution in [0.1, 0.15) is 20.3 Å². The Morgan fingerprint density at radius 3 is 2.50 bits per heavy atom. The van der Waals surface area contributed by atoms with Crippen LogP contribution in [0.4, 0.5) is 4.79 Å². The Labute approximate surface area is 80.9 Å². The topological polar surface area (TPSA) is 89.5 Å². The molecule has 1 fully saturated rings. The van der Waals surface area contributed by atoms with Crippen molar-refractivity contribution in [2.45, 2.75) is 25.8 Å². The SMILES string of the molecule is CC[C@]1(C)NC(=O)N(CC(=O)[O-])C1=O. The van der Waals surface area contributed by atoms with Crippen LogP contribution in [0.5, 0.6) is 0 Å². The first kappa shape index (κ1) is 10.5. The Morgan fingerprint density at radius 1 is 1.57 bits per heavy atom. The van der Waals surface area contributed by atoms with Crippen molar-refractivity contribution < 1.29 is 19.5 Å². The van der Waals surface area contributed by atoms with E-state index in [1.807, 2.05) is 0 Å². The van der Waals surface area contributed by atoms with Crippen molar-refractivity contribution in [1.82, 2.24) is 10.2 Å². The van der Waals surface area contributed by atoms with Gasteiger partial charge in [-0.05, 0) is 13.3 Å². The molecule has 1 atom stereocenters. The summed E-state index contributed by atoms with van der Waals surface area (Å²) in [5.74, 6) is -1.97. The van der Waals surface area contributed by atoms with E-state index in [1.54, 1.807) is 13.8 Å². The average molecular weight is 199 g/mol. The molecule has 1 saturated heterocycles. The van der Waals surface area contributed by atoms with Gasteiger partial charge in [0.15, 0.2) is 0 Å². The molecule has 6 heteroatoms. The van der Waals surface area contributed by atoms with E-state index in [0.29, 0.717) is 11.3 Å². The molecule has 0 aromatic heterocycles. The molecule has 1 rings (SSSR count). The number of nitrogens with one attached hydrogen (secondary N) is 1. The number of imide groups is 1.